The first-order valence-electron chi connectivity index (χ1n) is 5.38. The van der Waals surface area contributed by atoms with Crippen molar-refractivity contribution in [2.75, 3.05) is 11.9 Å². The molecular weight excluding hydrogens is 286 g/mol. The van der Waals surface area contributed by atoms with Crippen molar-refractivity contribution in [2.24, 2.45) is 5.41 Å². The molecule has 1 N–H and O–H groups in total. The predicted molar refractivity (Wildman–Crippen MR) is 73.2 cm³/mol. The van der Waals surface area contributed by atoms with Gasteiger partial charge in [-0.15, -0.1) is 11.3 Å². The molecule has 0 fully saturated rings. The number of carbonyl (C=O) groups is 1. The van der Waals surface area contributed by atoms with Crippen LogP contribution in [0.2, 0.25) is 0 Å². The molecular formula is C12H18BrNOS. The molecule has 1 aromatic heterocycles. The number of carbonyl (C=O) groups excluding carboxylic acids is 1. The first kappa shape index (κ1) is 13.7. The molecule has 0 saturated carbocycles. The quantitative estimate of drug-likeness (QED) is 0.803. The van der Waals surface area contributed by atoms with E-state index in [0.717, 1.165) is 23.2 Å². The number of hydrogen-bond donors (Lipinski definition) is 1. The first-order valence-corrected chi connectivity index (χ1v) is 7.39. The molecule has 0 aromatic carbocycles. The summed E-state index contributed by atoms with van der Waals surface area (Å²) in [5.41, 5.74) is 0.161. The minimum absolute atomic E-state index is 0.116. The van der Waals surface area contributed by atoms with Crippen LogP contribution in [0, 0.1) is 5.41 Å². The van der Waals surface area contributed by atoms with Gasteiger partial charge in [-0.3, -0.25) is 4.79 Å². The molecule has 0 radical (unpaired) electrons. The Balaban J connectivity index is 2.30. The molecule has 2 nitrogen and oxygen atoms in total. The zero-order valence-electron chi connectivity index (χ0n) is 9.75. The molecule has 4 heteroatoms. The second kappa shape index (κ2) is 6.40. The Labute approximate surface area is 110 Å². The molecule has 90 valence electrons. The maximum Gasteiger partial charge on any atom is 0.225 e. The molecule has 0 atom stereocenters. The van der Waals surface area contributed by atoms with E-state index in [-0.39, 0.29) is 11.3 Å². The molecule has 1 amide bonds. The SMILES string of the molecule is CC(C)(CCBr)CNC(=O)Cc1cccs1. The highest BCUT2D eigenvalue weighted by molar-refractivity contribution is 9.09. The lowest BCUT2D eigenvalue weighted by atomic mass is 9.90. The Morgan fingerprint density at radius 3 is 2.88 bits per heavy atom. The number of nitrogens with one attached hydrogen (secondary N) is 1. The Hall–Kier alpha value is -0.350. The van der Waals surface area contributed by atoms with Gasteiger partial charge in [-0.1, -0.05) is 35.8 Å². The van der Waals surface area contributed by atoms with E-state index in [0.29, 0.717) is 6.42 Å². The lowest BCUT2D eigenvalue weighted by Gasteiger charge is -2.23. The molecule has 1 heterocycles. The van der Waals surface area contributed by atoms with E-state index in [1.54, 1.807) is 11.3 Å². The number of hydrogen-bond acceptors (Lipinski definition) is 2. The molecule has 0 aliphatic carbocycles. The fourth-order valence-corrected chi connectivity index (χ4v) is 3.09. The second-order valence-electron chi connectivity index (χ2n) is 4.64. The lowest BCUT2D eigenvalue weighted by Crippen LogP contribution is -2.34. The summed E-state index contributed by atoms with van der Waals surface area (Å²) >= 11 is 5.06. The molecule has 1 rings (SSSR count). The molecule has 16 heavy (non-hydrogen) atoms. The van der Waals surface area contributed by atoms with Gasteiger partial charge in [0.25, 0.3) is 0 Å². The minimum atomic E-state index is 0.116. The van der Waals surface area contributed by atoms with Crippen LogP contribution >= 0.6 is 27.3 Å². The molecule has 1 aromatic rings. The third kappa shape index (κ3) is 5.12. The average molecular weight is 304 g/mol. The zero-order chi connectivity index (χ0) is 12.0. The molecule has 0 aliphatic rings. The van der Waals surface area contributed by atoms with Gasteiger partial charge in [0.15, 0.2) is 0 Å². The smallest absolute Gasteiger partial charge is 0.225 e. The van der Waals surface area contributed by atoms with E-state index < -0.39 is 0 Å². The van der Waals surface area contributed by atoms with Gasteiger partial charge in [0, 0.05) is 16.8 Å². The standard InChI is InChI=1S/C12H18BrNOS/c1-12(2,5-6-13)9-14-11(15)8-10-4-3-7-16-10/h3-4,7H,5-6,8-9H2,1-2H3,(H,14,15). The summed E-state index contributed by atoms with van der Waals surface area (Å²) in [6.07, 6.45) is 1.56. The van der Waals surface area contributed by atoms with Crippen LogP contribution in [0.25, 0.3) is 0 Å². The highest BCUT2D eigenvalue weighted by atomic mass is 79.9. The fraction of sp³-hybridized carbons (Fsp3) is 0.583. The minimum Gasteiger partial charge on any atom is -0.355 e. The van der Waals surface area contributed by atoms with E-state index >= 15 is 0 Å². The second-order valence-corrected chi connectivity index (χ2v) is 6.46. The monoisotopic (exact) mass is 303 g/mol. The van der Waals surface area contributed by atoms with Gasteiger partial charge >= 0.3 is 0 Å². The summed E-state index contributed by atoms with van der Waals surface area (Å²) < 4.78 is 0. The van der Waals surface area contributed by atoms with Crippen molar-refractivity contribution in [1.29, 1.82) is 0 Å². The largest absolute Gasteiger partial charge is 0.355 e. The Kier molecular flexibility index (Phi) is 5.49. The van der Waals surface area contributed by atoms with Crippen LogP contribution in [-0.4, -0.2) is 17.8 Å². The van der Waals surface area contributed by atoms with Gasteiger partial charge in [-0.05, 0) is 23.3 Å². The zero-order valence-corrected chi connectivity index (χ0v) is 12.2. The van der Waals surface area contributed by atoms with Crippen molar-refractivity contribution >= 4 is 33.2 Å². The van der Waals surface area contributed by atoms with Crippen LogP contribution in [-0.2, 0) is 11.2 Å². The van der Waals surface area contributed by atoms with Gasteiger partial charge in [0.1, 0.15) is 0 Å². The molecule has 0 aliphatic heterocycles. The highest BCUT2D eigenvalue weighted by Gasteiger charge is 2.17. The van der Waals surface area contributed by atoms with Crippen LogP contribution in [0.5, 0.6) is 0 Å². The van der Waals surface area contributed by atoms with Crippen LogP contribution < -0.4 is 5.32 Å². The summed E-state index contributed by atoms with van der Waals surface area (Å²) in [6, 6.07) is 3.97. The average Bonchev–Trinajstić information content (AvgIpc) is 2.68. The number of halogens is 1. The van der Waals surface area contributed by atoms with E-state index in [9.17, 15) is 4.79 Å². The molecule has 0 bridgehead atoms. The Morgan fingerprint density at radius 2 is 2.31 bits per heavy atom. The van der Waals surface area contributed by atoms with Crippen molar-refractivity contribution in [1.82, 2.24) is 5.32 Å². The van der Waals surface area contributed by atoms with Gasteiger partial charge in [0.05, 0.1) is 6.42 Å². The van der Waals surface area contributed by atoms with E-state index in [2.05, 4.69) is 35.1 Å². The topological polar surface area (TPSA) is 29.1 Å². The number of rotatable bonds is 6. The van der Waals surface area contributed by atoms with Crippen molar-refractivity contribution in [3.8, 4) is 0 Å². The van der Waals surface area contributed by atoms with Crippen LogP contribution in [0.1, 0.15) is 25.1 Å². The van der Waals surface area contributed by atoms with E-state index in [1.807, 2.05) is 17.5 Å². The van der Waals surface area contributed by atoms with E-state index in [4.69, 9.17) is 0 Å². The highest BCUT2D eigenvalue weighted by Crippen LogP contribution is 2.20. The Morgan fingerprint density at radius 1 is 1.56 bits per heavy atom. The van der Waals surface area contributed by atoms with Crippen molar-refractivity contribution in [3.05, 3.63) is 22.4 Å². The summed E-state index contributed by atoms with van der Waals surface area (Å²) in [5, 5.41) is 5.96. The molecule has 0 unspecified atom stereocenters. The van der Waals surface area contributed by atoms with Gasteiger partial charge in [-0.25, -0.2) is 0 Å². The van der Waals surface area contributed by atoms with Crippen molar-refractivity contribution in [2.45, 2.75) is 26.7 Å². The van der Waals surface area contributed by atoms with Crippen LogP contribution in [0.4, 0.5) is 0 Å². The lowest BCUT2D eigenvalue weighted by molar-refractivity contribution is -0.120. The van der Waals surface area contributed by atoms with Crippen molar-refractivity contribution < 1.29 is 4.79 Å². The first-order chi connectivity index (χ1) is 7.53. The Bertz CT molecular complexity index is 322. The third-order valence-electron chi connectivity index (χ3n) is 2.45. The predicted octanol–water partition coefficient (Wildman–Crippen LogP) is 3.22. The summed E-state index contributed by atoms with van der Waals surface area (Å²) in [7, 11) is 0. The molecule has 0 saturated heterocycles. The summed E-state index contributed by atoms with van der Waals surface area (Å²) in [6.45, 7) is 5.07. The van der Waals surface area contributed by atoms with Gasteiger partial charge in [-0.2, -0.15) is 0 Å². The maximum atomic E-state index is 11.6. The number of thiophene rings is 1. The number of alkyl halides is 1. The van der Waals surface area contributed by atoms with E-state index in [1.165, 1.54) is 0 Å². The van der Waals surface area contributed by atoms with Crippen LogP contribution in [0.3, 0.4) is 0 Å². The van der Waals surface area contributed by atoms with Gasteiger partial charge in [0.2, 0.25) is 5.91 Å². The van der Waals surface area contributed by atoms with Crippen LogP contribution in [0.15, 0.2) is 17.5 Å². The fourth-order valence-electron chi connectivity index (χ4n) is 1.32. The summed E-state index contributed by atoms with van der Waals surface area (Å²) in [5.74, 6) is 0.116. The van der Waals surface area contributed by atoms with Gasteiger partial charge < -0.3 is 5.32 Å². The maximum absolute atomic E-state index is 11.6. The third-order valence-corrected chi connectivity index (χ3v) is 3.72. The number of amides is 1. The summed E-state index contributed by atoms with van der Waals surface area (Å²) in [4.78, 5) is 12.8. The van der Waals surface area contributed by atoms with Crippen molar-refractivity contribution in [3.63, 3.8) is 0 Å². The normalized spacial score (nSPS) is 11.4. The molecule has 0 spiro atoms.